The highest BCUT2D eigenvalue weighted by atomic mass is 32.1. The normalized spacial score (nSPS) is 48.3. The predicted molar refractivity (Wildman–Crippen MR) is 96.6 cm³/mol. The number of nitrogen functional groups attached to an aromatic ring is 1. The SMILES string of the molecule is C[C@]12CCCC[C@@H]1CC[C@H]1[C@@H]2CC[C@]2(C)c3nc(N)sc3C[C@@H]12. The van der Waals surface area contributed by atoms with E-state index in [1.54, 1.807) is 11.3 Å². The van der Waals surface area contributed by atoms with Crippen LogP contribution < -0.4 is 5.73 Å². The Labute approximate surface area is 144 Å². The molecule has 2 nitrogen and oxygen atoms in total. The number of nitrogens with two attached hydrogens (primary N) is 1. The molecule has 3 heteroatoms. The molecule has 0 amide bonds. The number of aromatic nitrogens is 1. The first-order valence-corrected chi connectivity index (χ1v) is 10.6. The first-order valence-electron chi connectivity index (χ1n) is 9.78. The van der Waals surface area contributed by atoms with Crippen molar-refractivity contribution in [1.29, 1.82) is 0 Å². The van der Waals surface area contributed by atoms with Crippen LogP contribution in [0.1, 0.15) is 75.8 Å². The fraction of sp³-hybridized carbons (Fsp3) is 0.850. The summed E-state index contributed by atoms with van der Waals surface area (Å²) in [5.74, 6) is 3.78. The van der Waals surface area contributed by atoms with Gasteiger partial charge in [-0.25, -0.2) is 4.98 Å². The lowest BCUT2D eigenvalue weighted by molar-refractivity contribution is -0.0907. The molecule has 0 radical (unpaired) electrons. The van der Waals surface area contributed by atoms with Crippen LogP contribution in [0.3, 0.4) is 0 Å². The summed E-state index contributed by atoms with van der Waals surface area (Å²) in [5, 5.41) is 0.791. The van der Waals surface area contributed by atoms with Gasteiger partial charge in [0.1, 0.15) is 0 Å². The van der Waals surface area contributed by atoms with Crippen molar-refractivity contribution in [2.45, 2.75) is 77.0 Å². The van der Waals surface area contributed by atoms with Crippen LogP contribution in [0.4, 0.5) is 5.13 Å². The van der Waals surface area contributed by atoms with Crippen molar-refractivity contribution in [3.05, 3.63) is 10.6 Å². The minimum Gasteiger partial charge on any atom is -0.375 e. The molecule has 0 unspecified atom stereocenters. The zero-order chi connectivity index (χ0) is 15.8. The van der Waals surface area contributed by atoms with Crippen molar-refractivity contribution >= 4 is 16.5 Å². The molecule has 23 heavy (non-hydrogen) atoms. The van der Waals surface area contributed by atoms with E-state index in [1.165, 1.54) is 68.4 Å². The van der Waals surface area contributed by atoms with Crippen molar-refractivity contribution in [3.8, 4) is 0 Å². The summed E-state index contributed by atoms with van der Waals surface area (Å²) < 4.78 is 0. The third-order valence-electron chi connectivity index (χ3n) is 8.63. The maximum absolute atomic E-state index is 6.02. The molecule has 1 heterocycles. The molecule has 4 aliphatic carbocycles. The zero-order valence-electron chi connectivity index (χ0n) is 14.6. The lowest BCUT2D eigenvalue weighted by Crippen LogP contribution is -2.53. The minimum atomic E-state index is 0.322. The number of anilines is 1. The zero-order valence-corrected chi connectivity index (χ0v) is 15.4. The molecular weight excluding hydrogens is 300 g/mol. The second-order valence-corrected chi connectivity index (χ2v) is 10.5. The van der Waals surface area contributed by atoms with Gasteiger partial charge in [0.2, 0.25) is 0 Å². The molecule has 1 aromatic heterocycles. The maximum Gasteiger partial charge on any atom is 0.180 e. The number of rotatable bonds is 0. The van der Waals surface area contributed by atoms with E-state index in [4.69, 9.17) is 10.7 Å². The summed E-state index contributed by atoms with van der Waals surface area (Å²) in [6.07, 6.45) is 13.0. The summed E-state index contributed by atoms with van der Waals surface area (Å²) in [6.45, 7) is 5.17. The standard InChI is InChI=1S/C20H30N2S/c1-19-9-4-3-5-12(19)6-7-13-14(19)8-10-20(2)15(13)11-16-17(20)22-18(21)23-16/h12-15H,3-11H2,1-2H3,(H2,21,22)/t12-,13+,14+,15+,19+,20+/m1/s1. The van der Waals surface area contributed by atoms with Gasteiger partial charge >= 0.3 is 0 Å². The molecule has 0 aliphatic heterocycles. The molecule has 4 aliphatic rings. The molecule has 0 aromatic carbocycles. The van der Waals surface area contributed by atoms with Crippen molar-refractivity contribution in [1.82, 2.24) is 4.98 Å². The van der Waals surface area contributed by atoms with Gasteiger partial charge in [-0.2, -0.15) is 0 Å². The molecule has 5 rings (SSSR count). The summed E-state index contributed by atoms with van der Waals surface area (Å²) in [6, 6.07) is 0. The monoisotopic (exact) mass is 330 g/mol. The first-order chi connectivity index (χ1) is 11.0. The second kappa shape index (κ2) is 4.74. The van der Waals surface area contributed by atoms with Crippen molar-refractivity contribution in [3.63, 3.8) is 0 Å². The Hall–Kier alpha value is -0.570. The van der Waals surface area contributed by atoms with Gasteiger partial charge in [-0.3, -0.25) is 0 Å². The van der Waals surface area contributed by atoms with Gasteiger partial charge in [-0.05, 0) is 74.0 Å². The molecule has 6 atom stereocenters. The van der Waals surface area contributed by atoms with E-state index < -0.39 is 0 Å². The Morgan fingerprint density at radius 1 is 1.04 bits per heavy atom. The van der Waals surface area contributed by atoms with Crippen LogP contribution in [0, 0.1) is 29.1 Å². The number of hydrogen-bond acceptors (Lipinski definition) is 3. The number of fused-ring (bicyclic) bond motifs is 7. The number of thiazole rings is 1. The van der Waals surface area contributed by atoms with E-state index >= 15 is 0 Å². The van der Waals surface area contributed by atoms with Crippen LogP contribution in [-0.4, -0.2) is 4.98 Å². The van der Waals surface area contributed by atoms with E-state index in [1.807, 2.05) is 0 Å². The lowest BCUT2D eigenvalue weighted by Gasteiger charge is -2.59. The van der Waals surface area contributed by atoms with E-state index in [-0.39, 0.29) is 0 Å². The van der Waals surface area contributed by atoms with Crippen LogP contribution in [0.5, 0.6) is 0 Å². The first kappa shape index (κ1) is 14.7. The lowest BCUT2D eigenvalue weighted by atomic mass is 9.45. The third-order valence-corrected chi connectivity index (χ3v) is 9.54. The summed E-state index contributed by atoms with van der Waals surface area (Å²) in [4.78, 5) is 6.30. The van der Waals surface area contributed by atoms with Gasteiger partial charge in [-0.15, -0.1) is 11.3 Å². The van der Waals surface area contributed by atoms with Crippen LogP contribution in [-0.2, 0) is 11.8 Å². The van der Waals surface area contributed by atoms with Crippen LogP contribution in [0.25, 0.3) is 0 Å². The van der Waals surface area contributed by atoms with Gasteiger partial charge in [0.25, 0.3) is 0 Å². The minimum absolute atomic E-state index is 0.322. The second-order valence-electron chi connectivity index (χ2n) is 9.39. The van der Waals surface area contributed by atoms with Crippen LogP contribution >= 0.6 is 11.3 Å². The highest BCUT2D eigenvalue weighted by Gasteiger charge is 2.59. The van der Waals surface area contributed by atoms with Crippen LogP contribution in [0.2, 0.25) is 0 Å². The van der Waals surface area contributed by atoms with Crippen LogP contribution in [0.15, 0.2) is 0 Å². The largest absolute Gasteiger partial charge is 0.375 e. The highest BCUT2D eigenvalue weighted by molar-refractivity contribution is 7.15. The van der Waals surface area contributed by atoms with Gasteiger partial charge in [0, 0.05) is 10.3 Å². The Morgan fingerprint density at radius 2 is 1.91 bits per heavy atom. The third kappa shape index (κ3) is 1.83. The molecule has 2 N–H and O–H groups in total. The van der Waals surface area contributed by atoms with Crippen molar-refractivity contribution in [2.24, 2.45) is 29.1 Å². The average molecular weight is 331 g/mol. The fourth-order valence-corrected chi connectivity index (χ4v) is 8.47. The topological polar surface area (TPSA) is 38.9 Å². The smallest absolute Gasteiger partial charge is 0.180 e. The summed E-state index contributed by atoms with van der Waals surface area (Å²) in [5.41, 5.74) is 8.37. The van der Waals surface area contributed by atoms with E-state index in [9.17, 15) is 0 Å². The van der Waals surface area contributed by atoms with E-state index in [2.05, 4.69) is 13.8 Å². The van der Waals surface area contributed by atoms with E-state index in [0.717, 1.165) is 28.8 Å². The molecule has 3 saturated carbocycles. The van der Waals surface area contributed by atoms with Gasteiger partial charge in [0.05, 0.1) is 5.69 Å². The Balaban J connectivity index is 1.51. The molecule has 3 fully saturated rings. The summed E-state index contributed by atoms with van der Waals surface area (Å²) in [7, 11) is 0. The number of nitrogens with zero attached hydrogens (tertiary/aromatic N) is 1. The Morgan fingerprint density at radius 3 is 2.78 bits per heavy atom. The molecular formula is C20H30N2S. The molecule has 1 aromatic rings. The Kier molecular flexibility index (Phi) is 3.04. The fourth-order valence-electron chi connectivity index (χ4n) is 7.44. The Bertz CT molecular complexity index is 638. The van der Waals surface area contributed by atoms with Crippen molar-refractivity contribution < 1.29 is 0 Å². The van der Waals surface area contributed by atoms with E-state index in [0.29, 0.717) is 10.8 Å². The predicted octanol–water partition coefficient (Wildman–Crippen LogP) is 5.17. The maximum atomic E-state index is 6.02. The average Bonchev–Trinajstić information content (AvgIpc) is 3.02. The molecule has 0 saturated heterocycles. The van der Waals surface area contributed by atoms with Crippen molar-refractivity contribution in [2.75, 3.05) is 5.73 Å². The molecule has 126 valence electrons. The van der Waals surface area contributed by atoms with Gasteiger partial charge in [0.15, 0.2) is 5.13 Å². The quantitative estimate of drug-likeness (QED) is 0.712. The van der Waals surface area contributed by atoms with Gasteiger partial charge < -0.3 is 5.73 Å². The van der Waals surface area contributed by atoms with Gasteiger partial charge in [-0.1, -0.05) is 26.7 Å². The number of hydrogen-bond donors (Lipinski definition) is 1. The summed E-state index contributed by atoms with van der Waals surface area (Å²) >= 11 is 1.77. The molecule has 0 spiro atoms. The molecule has 0 bridgehead atoms. The highest BCUT2D eigenvalue weighted by Crippen LogP contribution is 2.65.